The Labute approximate surface area is 194 Å². The van der Waals surface area contributed by atoms with Gasteiger partial charge in [0, 0.05) is 30.8 Å². The molecule has 1 fully saturated rings. The van der Waals surface area contributed by atoms with Crippen molar-refractivity contribution in [3.63, 3.8) is 0 Å². The normalized spacial score (nSPS) is 13.5. The summed E-state index contributed by atoms with van der Waals surface area (Å²) in [5.41, 5.74) is 1.90. The van der Waals surface area contributed by atoms with E-state index >= 15 is 0 Å². The van der Waals surface area contributed by atoms with Gasteiger partial charge in [-0.3, -0.25) is 9.59 Å². The van der Waals surface area contributed by atoms with Crippen molar-refractivity contribution < 1.29 is 19.1 Å². The molecule has 0 spiro atoms. The fourth-order valence-corrected chi connectivity index (χ4v) is 3.95. The monoisotopic (exact) mass is 458 g/mol. The van der Waals surface area contributed by atoms with E-state index in [0.717, 1.165) is 37.9 Å². The first-order valence-electron chi connectivity index (χ1n) is 11.3. The summed E-state index contributed by atoms with van der Waals surface area (Å²) in [6.45, 7) is 6.73. The number of hydrogen-bond donors (Lipinski definition) is 1. The van der Waals surface area contributed by atoms with Crippen LogP contribution in [0.4, 0.5) is 0 Å². The Hall–Kier alpha value is -2.73. The number of carbonyl (C=O) groups excluding carboxylic acids is 2. The summed E-state index contributed by atoms with van der Waals surface area (Å²) in [4.78, 5) is 27.4. The minimum absolute atomic E-state index is 0.0497. The minimum atomic E-state index is -0.275. The van der Waals surface area contributed by atoms with Crippen molar-refractivity contribution in [3.8, 4) is 11.5 Å². The van der Waals surface area contributed by atoms with Gasteiger partial charge in [0.25, 0.3) is 11.8 Å². The molecule has 0 bridgehead atoms. The van der Waals surface area contributed by atoms with Gasteiger partial charge in [0.2, 0.25) is 0 Å². The number of ether oxygens (including phenoxy) is 2. The second-order valence-corrected chi connectivity index (χ2v) is 8.21. The molecular formula is C25H31ClN2O4. The van der Waals surface area contributed by atoms with Crippen LogP contribution in [0.25, 0.3) is 0 Å². The lowest BCUT2D eigenvalue weighted by Crippen LogP contribution is -2.35. The molecule has 3 rings (SSSR count). The maximum atomic E-state index is 12.8. The van der Waals surface area contributed by atoms with E-state index in [1.54, 1.807) is 12.1 Å². The zero-order valence-electron chi connectivity index (χ0n) is 18.8. The van der Waals surface area contributed by atoms with E-state index in [2.05, 4.69) is 5.32 Å². The molecular weight excluding hydrogens is 428 g/mol. The molecule has 2 aromatic carbocycles. The van der Waals surface area contributed by atoms with Gasteiger partial charge in [-0.1, -0.05) is 30.7 Å². The molecule has 2 aromatic rings. The van der Waals surface area contributed by atoms with Crippen molar-refractivity contribution in [2.24, 2.45) is 0 Å². The number of piperidine rings is 1. The number of nitrogens with one attached hydrogen (secondary N) is 1. The van der Waals surface area contributed by atoms with Gasteiger partial charge in [0.05, 0.1) is 18.2 Å². The molecule has 0 aliphatic carbocycles. The summed E-state index contributed by atoms with van der Waals surface area (Å²) >= 11 is 6.37. The highest BCUT2D eigenvalue weighted by Gasteiger charge is 2.19. The molecule has 7 heteroatoms. The highest BCUT2D eigenvalue weighted by Crippen LogP contribution is 2.36. The summed E-state index contributed by atoms with van der Waals surface area (Å²) in [6, 6.07) is 10.6. The van der Waals surface area contributed by atoms with Crippen LogP contribution in [0.2, 0.25) is 5.02 Å². The van der Waals surface area contributed by atoms with Crippen LogP contribution in [0, 0.1) is 0 Å². The number of nitrogens with zero attached hydrogens (tertiary/aromatic N) is 1. The molecule has 1 aliphatic heterocycles. The second kappa shape index (κ2) is 11.8. The number of benzene rings is 2. The van der Waals surface area contributed by atoms with E-state index in [9.17, 15) is 9.59 Å². The van der Waals surface area contributed by atoms with Crippen molar-refractivity contribution in [1.82, 2.24) is 10.2 Å². The van der Waals surface area contributed by atoms with E-state index in [1.807, 2.05) is 43.0 Å². The summed E-state index contributed by atoms with van der Waals surface area (Å²) in [5, 5.41) is 3.24. The van der Waals surface area contributed by atoms with E-state index in [4.69, 9.17) is 21.1 Å². The predicted octanol–water partition coefficient (Wildman–Crippen LogP) is 5.08. The number of carbonyl (C=O) groups is 2. The zero-order valence-corrected chi connectivity index (χ0v) is 19.5. The Kier molecular flexibility index (Phi) is 8.80. The maximum absolute atomic E-state index is 12.8. The van der Waals surface area contributed by atoms with Crippen LogP contribution >= 0.6 is 11.6 Å². The SMILES string of the molecule is CCCOc1c(Cl)cc(C(=O)NCc2cccc(C(=O)N3CCCCC3)c2)cc1OCC. The lowest BCUT2D eigenvalue weighted by molar-refractivity contribution is 0.0724. The molecule has 0 radical (unpaired) electrons. The molecule has 0 aromatic heterocycles. The summed E-state index contributed by atoms with van der Waals surface area (Å²) in [5.74, 6) is 0.680. The molecule has 1 saturated heterocycles. The van der Waals surface area contributed by atoms with Crippen LogP contribution in [0.1, 0.15) is 65.8 Å². The van der Waals surface area contributed by atoms with E-state index in [-0.39, 0.29) is 11.8 Å². The number of amides is 2. The van der Waals surface area contributed by atoms with Crippen molar-refractivity contribution in [2.75, 3.05) is 26.3 Å². The molecule has 0 saturated carbocycles. The molecule has 172 valence electrons. The first-order chi connectivity index (χ1) is 15.5. The lowest BCUT2D eigenvalue weighted by atomic mass is 10.1. The molecule has 0 unspecified atom stereocenters. The fraction of sp³-hybridized carbons (Fsp3) is 0.440. The molecule has 32 heavy (non-hydrogen) atoms. The van der Waals surface area contributed by atoms with E-state index in [1.165, 1.54) is 6.42 Å². The fourth-order valence-electron chi connectivity index (χ4n) is 3.68. The first-order valence-corrected chi connectivity index (χ1v) is 11.7. The predicted molar refractivity (Wildman–Crippen MR) is 126 cm³/mol. The van der Waals surface area contributed by atoms with E-state index < -0.39 is 0 Å². The number of hydrogen-bond acceptors (Lipinski definition) is 4. The zero-order chi connectivity index (χ0) is 22.9. The van der Waals surface area contributed by atoms with Gasteiger partial charge in [-0.05, 0) is 62.4 Å². The third kappa shape index (κ3) is 6.16. The number of halogens is 1. The van der Waals surface area contributed by atoms with E-state index in [0.29, 0.717) is 47.4 Å². The van der Waals surface area contributed by atoms with Gasteiger partial charge in [-0.25, -0.2) is 0 Å². The third-order valence-electron chi connectivity index (χ3n) is 5.29. The molecule has 0 atom stereocenters. The van der Waals surface area contributed by atoms with Crippen molar-refractivity contribution in [2.45, 2.75) is 46.1 Å². The Morgan fingerprint density at radius 2 is 1.81 bits per heavy atom. The summed E-state index contributed by atoms with van der Waals surface area (Å²) < 4.78 is 11.3. The quantitative estimate of drug-likeness (QED) is 0.568. The lowest BCUT2D eigenvalue weighted by Gasteiger charge is -2.26. The van der Waals surface area contributed by atoms with Gasteiger partial charge in [0.15, 0.2) is 11.5 Å². The smallest absolute Gasteiger partial charge is 0.253 e. The standard InChI is InChI=1S/C25H31ClN2O4/c1-3-13-32-23-21(26)15-20(16-22(23)31-4-2)24(29)27-17-18-9-8-10-19(14-18)25(30)28-11-6-5-7-12-28/h8-10,14-16H,3-7,11-13,17H2,1-2H3,(H,27,29). The molecule has 2 amide bonds. The van der Waals surface area contributed by atoms with Gasteiger partial charge in [0.1, 0.15) is 0 Å². The van der Waals surface area contributed by atoms with Crippen molar-refractivity contribution >= 4 is 23.4 Å². The topological polar surface area (TPSA) is 67.9 Å². The summed E-state index contributed by atoms with van der Waals surface area (Å²) in [7, 11) is 0. The van der Waals surface area contributed by atoms with Crippen LogP contribution < -0.4 is 14.8 Å². The van der Waals surface area contributed by atoms with Gasteiger partial charge >= 0.3 is 0 Å². The van der Waals surface area contributed by atoms with Crippen molar-refractivity contribution in [1.29, 1.82) is 0 Å². The van der Waals surface area contributed by atoms with Gasteiger partial charge in [-0.15, -0.1) is 0 Å². The Morgan fingerprint density at radius 3 is 2.53 bits per heavy atom. The van der Waals surface area contributed by atoms with Crippen LogP contribution in [0.5, 0.6) is 11.5 Å². The largest absolute Gasteiger partial charge is 0.490 e. The number of likely N-dealkylation sites (tertiary alicyclic amines) is 1. The average Bonchev–Trinajstić information content (AvgIpc) is 2.82. The Morgan fingerprint density at radius 1 is 1.03 bits per heavy atom. The van der Waals surface area contributed by atoms with Crippen LogP contribution in [0.15, 0.2) is 36.4 Å². The highest BCUT2D eigenvalue weighted by molar-refractivity contribution is 6.32. The maximum Gasteiger partial charge on any atom is 0.253 e. The van der Waals surface area contributed by atoms with Gasteiger partial charge < -0.3 is 19.7 Å². The van der Waals surface area contributed by atoms with Crippen molar-refractivity contribution in [3.05, 3.63) is 58.1 Å². The van der Waals surface area contributed by atoms with Gasteiger partial charge in [-0.2, -0.15) is 0 Å². The highest BCUT2D eigenvalue weighted by atomic mass is 35.5. The molecule has 1 heterocycles. The van der Waals surface area contributed by atoms with Crippen LogP contribution in [0.3, 0.4) is 0 Å². The van der Waals surface area contributed by atoms with Crippen LogP contribution in [-0.2, 0) is 6.54 Å². The third-order valence-corrected chi connectivity index (χ3v) is 5.57. The second-order valence-electron chi connectivity index (χ2n) is 7.80. The summed E-state index contributed by atoms with van der Waals surface area (Å²) in [6.07, 6.45) is 4.12. The average molecular weight is 459 g/mol. The number of rotatable bonds is 9. The minimum Gasteiger partial charge on any atom is -0.490 e. The molecule has 6 nitrogen and oxygen atoms in total. The Balaban J connectivity index is 1.68. The molecule has 1 N–H and O–H groups in total. The Bertz CT molecular complexity index is 942. The molecule has 1 aliphatic rings. The first kappa shape index (κ1) is 23.9. The van der Waals surface area contributed by atoms with Crippen LogP contribution in [-0.4, -0.2) is 43.0 Å².